The number of hydrogen-bond donors (Lipinski definition) is 1. The van der Waals surface area contributed by atoms with Gasteiger partial charge in [0.05, 0.1) is 20.1 Å². The molecule has 2 heterocycles. The van der Waals surface area contributed by atoms with Crippen LogP contribution in [0, 0.1) is 0 Å². The first kappa shape index (κ1) is 23.8. The Morgan fingerprint density at radius 2 is 1.89 bits per heavy atom. The third kappa shape index (κ3) is 5.50. The molecule has 0 saturated carbocycles. The Morgan fingerprint density at radius 1 is 1.11 bits per heavy atom. The molecule has 3 aromatic carbocycles. The van der Waals surface area contributed by atoms with Gasteiger partial charge in [-0.2, -0.15) is 0 Å². The number of aryl methyl sites for hydroxylation is 1. The van der Waals surface area contributed by atoms with Gasteiger partial charge < -0.3 is 19.5 Å². The van der Waals surface area contributed by atoms with E-state index in [9.17, 15) is 4.79 Å². The number of ether oxygens (including phenoxy) is 3. The highest BCUT2D eigenvalue weighted by Crippen LogP contribution is 2.38. The van der Waals surface area contributed by atoms with E-state index < -0.39 is 0 Å². The summed E-state index contributed by atoms with van der Waals surface area (Å²) in [7, 11) is 0. The normalized spacial score (nSPS) is 16.7. The summed E-state index contributed by atoms with van der Waals surface area (Å²) < 4.78 is 17.4. The summed E-state index contributed by atoms with van der Waals surface area (Å²) >= 11 is 11.3. The molecule has 2 aliphatic heterocycles. The summed E-state index contributed by atoms with van der Waals surface area (Å²) in [6.45, 7) is 2.64. The second-order valence-corrected chi connectivity index (χ2v) is 10.1. The fraction of sp³-hybridized carbons (Fsp3) is 0.154. The van der Waals surface area contributed by atoms with E-state index in [2.05, 4.69) is 33.2 Å². The minimum Gasteiger partial charge on any atom is -0.486 e. The number of amidine groups is 1. The van der Waals surface area contributed by atoms with Crippen LogP contribution < -0.4 is 19.5 Å². The molecule has 0 spiro atoms. The second kappa shape index (κ2) is 10.4. The van der Waals surface area contributed by atoms with Crippen molar-refractivity contribution in [3.8, 4) is 17.2 Å². The van der Waals surface area contributed by atoms with Crippen LogP contribution in [0.4, 0.5) is 5.69 Å². The number of fused-ring (bicyclic) bond motifs is 1. The average molecular weight is 572 g/mol. The van der Waals surface area contributed by atoms with Gasteiger partial charge in [0.25, 0.3) is 5.91 Å². The molecule has 0 atom stereocenters. The quantitative estimate of drug-likeness (QED) is 0.327. The van der Waals surface area contributed by atoms with Crippen LogP contribution in [0.2, 0.25) is 5.02 Å². The summed E-state index contributed by atoms with van der Waals surface area (Å²) in [4.78, 5) is 17.6. The molecule has 1 fully saturated rings. The lowest BCUT2D eigenvalue weighted by Crippen LogP contribution is -2.19. The van der Waals surface area contributed by atoms with Crippen molar-refractivity contribution in [2.75, 3.05) is 6.79 Å². The molecule has 0 unspecified atom stereocenters. The number of rotatable bonds is 6. The Labute approximate surface area is 220 Å². The zero-order valence-electron chi connectivity index (χ0n) is 18.6. The molecule has 3 aromatic rings. The third-order valence-corrected chi connectivity index (χ3v) is 7.14. The molecular formula is C26H20BrClN2O4S. The predicted octanol–water partition coefficient (Wildman–Crippen LogP) is 6.86. The third-order valence-electron chi connectivity index (χ3n) is 5.36. The molecule has 178 valence electrons. The number of aliphatic imine (C=N–C) groups is 1. The van der Waals surface area contributed by atoms with Gasteiger partial charge in [-0.15, -0.1) is 0 Å². The lowest BCUT2D eigenvalue weighted by molar-refractivity contribution is -0.115. The monoisotopic (exact) mass is 570 g/mol. The first-order chi connectivity index (χ1) is 17.0. The van der Waals surface area contributed by atoms with Gasteiger partial charge in [0, 0.05) is 0 Å². The molecule has 1 amide bonds. The first-order valence-corrected chi connectivity index (χ1v) is 12.9. The van der Waals surface area contributed by atoms with Crippen molar-refractivity contribution in [1.82, 2.24) is 5.32 Å². The number of carbonyl (C=O) groups excluding carboxylic acids is 1. The molecule has 1 N–H and O–H groups in total. The van der Waals surface area contributed by atoms with Crippen LogP contribution in [0.1, 0.15) is 23.6 Å². The van der Waals surface area contributed by atoms with Gasteiger partial charge in [-0.25, -0.2) is 4.99 Å². The van der Waals surface area contributed by atoms with Gasteiger partial charge in [0.2, 0.25) is 6.79 Å². The molecule has 2 aliphatic rings. The largest absolute Gasteiger partial charge is 0.486 e. The van der Waals surface area contributed by atoms with Crippen LogP contribution in [-0.4, -0.2) is 17.9 Å². The molecule has 0 aliphatic carbocycles. The van der Waals surface area contributed by atoms with Crippen LogP contribution in [0.15, 0.2) is 69.0 Å². The lowest BCUT2D eigenvalue weighted by Gasteiger charge is -2.12. The molecule has 0 bridgehead atoms. The highest BCUT2D eigenvalue weighted by molar-refractivity contribution is 9.10. The van der Waals surface area contributed by atoms with Crippen molar-refractivity contribution >= 4 is 62.1 Å². The maximum absolute atomic E-state index is 12.5. The van der Waals surface area contributed by atoms with Crippen LogP contribution in [-0.2, 0) is 17.8 Å². The highest BCUT2D eigenvalue weighted by Gasteiger charge is 2.24. The average Bonchev–Trinajstić information content (AvgIpc) is 3.44. The number of amides is 1. The fourth-order valence-corrected chi connectivity index (χ4v) is 5.37. The fourth-order valence-electron chi connectivity index (χ4n) is 3.54. The van der Waals surface area contributed by atoms with Crippen LogP contribution in [0.3, 0.4) is 0 Å². The summed E-state index contributed by atoms with van der Waals surface area (Å²) in [6.07, 6.45) is 2.75. The molecule has 1 saturated heterocycles. The molecule has 6 nitrogen and oxygen atoms in total. The van der Waals surface area contributed by atoms with E-state index in [1.165, 1.54) is 17.3 Å². The van der Waals surface area contributed by atoms with E-state index in [1.54, 1.807) is 12.1 Å². The Hall–Kier alpha value is -2.94. The highest BCUT2D eigenvalue weighted by atomic mass is 79.9. The van der Waals surface area contributed by atoms with Crippen molar-refractivity contribution in [2.24, 2.45) is 4.99 Å². The van der Waals surface area contributed by atoms with E-state index in [0.29, 0.717) is 37.7 Å². The lowest BCUT2D eigenvalue weighted by atomic mass is 10.2. The minimum absolute atomic E-state index is 0.200. The van der Waals surface area contributed by atoms with E-state index in [0.717, 1.165) is 29.0 Å². The number of nitrogens with one attached hydrogen (secondary N) is 1. The number of nitrogens with zero attached hydrogens (tertiary/aromatic N) is 1. The minimum atomic E-state index is -0.200. The van der Waals surface area contributed by atoms with Gasteiger partial charge >= 0.3 is 0 Å². The van der Waals surface area contributed by atoms with Gasteiger partial charge in [-0.05, 0) is 93.3 Å². The standard InChI is InChI=1S/C26H20BrClN2O4S/c1-2-15-3-6-18(7-4-15)29-26-30-25(31)23(35-26)12-17-9-19(27)24(20(28)10-17)32-13-16-5-8-21-22(11-16)34-14-33-21/h3-12H,2,13-14H2,1H3,(H,29,30,31)/b23-12-. The maximum atomic E-state index is 12.5. The molecular weight excluding hydrogens is 552 g/mol. The van der Waals surface area contributed by atoms with Crippen molar-refractivity contribution in [3.05, 3.63) is 85.7 Å². The van der Waals surface area contributed by atoms with E-state index in [4.69, 9.17) is 25.8 Å². The maximum Gasteiger partial charge on any atom is 0.264 e. The zero-order chi connectivity index (χ0) is 24.4. The number of benzene rings is 3. The van der Waals surface area contributed by atoms with Crippen molar-refractivity contribution in [2.45, 2.75) is 20.0 Å². The Morgan fingerprint density at radius 3 is 2.66 bits per heavy atom. The van der Waals surface area contributed by atoms with Crippen molar-refractivity contribution in [3.63, 3.8) is 0 Å². The summed E-state index contributed by atoms with van der Waals surface area (Å²) in [5.74, 6) is 1.75. The number of hydrogen-bond acceptors (Lipinski definition) is 6. The second-order valence-electron chi connectivity index (χ2n) is 7.79. The SMILES string of the molecule is CCc1ccc(N=C2NC(=O)/C(=C/c3cc(Cl)c(OCc4ccc5c(c4)OCO5)c(Br)c3)S2)cc1. The van der Waals surface area contributed by atoms with Gasteiger partial charge in [0.15, 0.2) is 22.4 Å². The van der Waals surface area contributed by atoms with Crippen molar-refractivity contribution < 1.29 is 19.0 Å². The Kier molecular flexibility index (Phi) is 7.04. The molecule has 0 radical (unpaired) electrons. The summed E-state index contributed by atoms with van der Waals surface area (Å²) in [5, 5.41) is 3.79. The number of thioether (sulfide) groups is 1. The molecule has 9 heteroatoms. The first-order valence-electron chi connectivity index (χ1n) is 10.9. The molecule has 5 rings (SSSR count). The zero-order valence-corrected chi connectivity index (χ0v) is 21.8. The van der Waals surface area contributed by atoms with Gasteiger partial charge in [-0.3, -0.25) is 4.79 Å². The number of halogens is 2. The van der Waals surface area contributed by atoms with E-state index in [1.807, 2.05) is 48.5 Å². The van der Waals surface area contributed by atoms with Crippen LogP contribution in [0.25, 0.3) is 6.08 Å². The number of carbonyl (C=O) groups is 1. The van der Waals surface area contributed by atoms with Crippen LogP contribution in [0.5, 0.6) is 17.2 Å². The van der Waals surface area contributed by atoms with Gasteiger partial charge in [-0.1, -0.05) is 36.7 Å². The Balaban J connectivity index is 1.29. The summed E-state index contributed by atoms with van der Waals surface area (Å²) in [6, 6.07) is 17.2. The molecule has 0 aromatic heterocycles. The topological polar surface area (TPSA) is 69.2 Å². The van der Waals surface area contributed by atoms with Crippen molar-refractivity contribution in [1.29, 1.82) is 0 Å². The smallest absolute Gasteiger partial charge is 0.264 e. The summed E-state index contributed by atoms with van der Waals surface area (Å²) in [5.41, 5.74) is 3.73. The van der Waals surface area contributed by atoms with E-state index >= 15 is 0 Å². The predicted molar refractivity (Wildman–Crippen MR) is 143 cm³/mol. The van der Waals surface area contributed by atoms with E-state index in [-0.39, 0.29) is 12.7 Å². The molecule has 35 heavy (non-hydrogen) atoms. The van der Waals surface area contributed by atoms with Crippen LogP contribution >= 0.6 is 39.3 Å². The van der Waals surface area contributed by atoms with Gasteiger partial charge in [0.1, 0.15) is 6.61 Å². The Bertz CT molecular complexity index is 1330.